The van der Waals surface area contributed by atoms with Crippen LogP contribution >= 0.6 is 15.9 Å². The minimum atomic E-state index is -0.148. The van der Waals surface area contributed by atoms with Crippen molar-refractivity contribution < 1.29 is 9.53 Å². The number of rotatable bonds is 3. The monoisotopic (exact) mass is 293 g/mol. The number of ether oxygens (including phenoxy) is 1. The Morgan fingerprint density at radius 1 is 1.29 bits per heavy atom. The third kappa shape index (κ3) is 2.58. The lowest BCUT2D eigenvalue weighted by molar-refractivity contribution is -0.122. The van der Waals surface area contributed by atoms with E-state index in [9.17, 15) is 4.79 Å². The van der Waals surface area contributed by atoms with E-state index in [1.54, 1.807) is 7.05 Å². The van der Waals surface area contributed by atoms with Crippen LogP contribution in [-0.4, -0.2) is 19.6 Å². The van der Waals surface area contributed by atoms with Crippen LogP contribution in [0.1, 0.15) is 0 Å². The van der Waals surface area contributed by atoms with E-state index in [4.69, 9.17) is 4.74 Å². The highest BCUT2D eigenvalue weighted by atomic mass is 79.9. The van der Waals surface area contributed by atoms with Crippen molar-refractivity contribution in [2.75, 3.05) is 13.7 Å². The summed E-state index contributed by atoms with van der Waals surface area (Å²) in [4.78, 5) is 11.1. The maximum atomic E-state index is 11.1. The van der Waals surface area contributed by atoms with Gasteiger partial charge >= 0.3 is 0 Å². The SMILES string of the molecule is CNC(=O)COc1ccc2ccccc2c1Br. The van der Waals surface area contributed by atoms with E-state index < -0.39 is 0 Å². The first kappa shape index (κ1) is 11.9. The molecule has 0 fully saturated rings. The molecule has 17 heavy (non-hydrogen) atoms. The number of halogens is 1. The summed E-state index contributed by atoms with van der Waals surface area (Å²) in [7, 11) is 1.58. The van der Waals surface area contributed by atoms with Crippen molar-refractivity contribution in [2.45, 2.75) is 0 Å². The zero-order valence-corrected chi connectivity index (χ0v) is 11.0. The Balaban J connectivity index is 2.29. The van der Waals surface area contributed by atoms with Gasteiger partial charge in [-0.05, 0) is 32.8 Å². The second-order valence-corrected chi connectivity index (χ2v) is 4.35. The summed E-state index contributed by atoms with van der Waals surface area (Å²) in [6.07, 6.45) is 0. The smallest absolute Gasteiger partial charge is 0.257 e. The summed E-state index contributed by atoms with van der Waals surface area (Å²) in [5, 5.41) is 4.71. The Morgan fingerprint density at radius 3 is 2.82 bits per heavy atom. The van der Waals surface area contributed by atoms with Crippen LogP contribution in [0.3, 0.4) is 0 Å². The lowest BCUT2D eigenvalue weighted by Crippen LogP contribution is -2.24. The van der Waals surface area contributed by atoms with Crippen LogP contribution in [0.25, 0.3) is 10.8 Å². The van der Waals surface area contributed by atoms with Crippen LogP contribution in [0.15, 0.2) is 40.9 Å². The molecule has 2 aromatic carbocycles. The van der Waals surface area contributed by atoms with E-state index in [2.05, 4.69) is 21.2 Å². The average molecular weight is 294 g/mol. The van der Waals surface area contributed by atoms with Crippen LogP contribution in [0.5, 0.6) is 5.75 Å². The minimum Gasteiger partial charge on any atom is -0.483 e. The quantitative estimate of drug-likeness (QED) is 0.945. The van der Waals surface area contributed by atoms with Gasteiger partial charge < -0.3 is 10.1 Å². The number of nitrogens with one attached hydrogen (secondary N) is 1. The maximum Gasteiger partial charge on any atom is 0.257 e. The van der Waals surface area contributed by atoms with Crippen LogP contribution < -0.4 is 10.1 Å². The normalized spacial score (nSPS) is 10.2. The van der Waals surface area contributed by atoms with Gasteiger partial charge in [-0.25, -0.2) is 0 Å². The first-order valence-corrected chi connectivity index (χ1v) is 6.02. The topological polar surface area (TPSA) is 38.3 Å². The van der Waals surface area contributed by atoms with Crippen LogP contribution in [0, 0.1) is 0 Å². The van der Waals surface area contributed by atoms with Crippen molar-refractivity contribution in [1.29, 1.82) is 0 Å². The summed E-state index contributed by atoms with van der Waals surface area (Å²) >= 11 is 3.50. The molecule has 1 amide bonds. The standard InChI is InChI=1S/C13H12BrNO2/c1-15-12(16)8-17-11-7-6-9-4-2-3-5-10(9)13(11)14/h2-7H,8H2,1H3,(H,15,16). The number of likely N-dealkylation sites (N-methyl/N-ethyl adjacent to an activating group) is 1. The van der Waals surface area contributed by atoms with E-state index in [1.807, 2.05) is 36.4 Å². The van der Waals surface area contributed by atoms with Gasteiger partial charge in [0.25, 0.3) is 5.91 Å². The van der Waals surface area contributed by atoms with E-state index in [-0.39, 0.29) is 12.5 Å². The second kappa shape index (κ2) is 5.19. The van der Waals surface area contributed by atoms with Crippen molar-refractivity contribution in [3.63, 3.8) is 0 Å². The molecule has 0 unspecified atom stereocenters. The molecule has 0 radical (unpaired) electrons. The summed E-state index contributed by atoms with van der Waals surface area (Å²) in [6, 6.07) is 11.8. The molecule has 0 saturated carbocycles. The van der Waals surface area contributed by atoms with Gasteiger partial charge in [0, 0.05) is 7.05 Å². The first-order chi connectivity index (χ1) is 8.22. The fourth-order valence-corrected chi connectivity index (χ4v) is 2.15. The predicted octanol–water partition coefficient (Wildman–Crippen LogP) is 2.73. The van der Waals surface area contributed by atoms with Crippen molar-refractivity contribution in [1.82, 2.24) is 5.32 Å². The number of hydrogen-bond donors (Lipinski definition) is 1. The minimum absolute atomic E-state index is 0.0213. The number of carbonyl (C=O) groups is 1. The molecule has 4 heteroatoms. The van der Waals surface area contributed by atoms with Gasteiger partial charge in [-0.1, -0.05) is 30.3 Å². The van der Waals surface area contributed by atoms with E-state index in [0.29, 0.717) is 5.75 Å². The van der Waals surface area contributed by atoms with Gasteiger partial charge in [0.15, 0.2) is 6.61 Å². The lowest BCUT2D eigenvalue weighted by atomic mass is 10.1. The highest BCUT2D eigenvalue weighted by Crippen LogP contribution is 2.32. The molecule has 0 bridgehead atoms. The highest BCUT2D eigenvalue weighted by Gasteiger charge is 2.07. The molecule has 2 aromatic rings. The molecule has 0 aliphatic rings. The molecule has 3 nitrogen and oxygen atoms in total. The number of fused-ring (bicyclic) bond motifs is 1. The fraction of sp³-hybridized carbons (Fsp3) is 0.154. The van der Waals surface area contributed by atoms with E-state index >= 15 is 0 Å². The van der Waals surface area contributed by atoms with Gasteiger partial charge in [-0.2, -0.15) is 0 Å². The van der Waals surface area contributed by atoms with Gasteiger partial charge in [-0.15, -0.1) is 0 Å². The fourth-order valence-electron chi connectivity index (χ4n) is 1.54. The molecule has 0 aliphatic heterocycles. The largest absolute Gasteiger partial charge is 0.483 e. The number of benzene rings is 2. The van der Waals surface area contributed by atoms with Crippen LogP contribution in [0.2, 0.25) is 0 Å². The van der Waals surface area contributed by atoms with Crippen LogP contribution in [-0.2, 0) is 4.79 Å². The van der Waals surface area contributed by atoms with Gasteiger partial charge in [0.05, 0.1) is 4.47 Å². The van der Waals surface area contributed by atoms with Crippen molar-refractivity contribution in [3.8, 4) is 5.75 Å². The van der Waals surface area contributed by atoms with Gasteiger partial charge in [-0.3, -0.25) is 4.79 Å². The summed E-state index contributed by atoms with van der Waals surface area (Å²) in [5.74, 6) is 0.525. The summed E-state index contributed by atoms with van der Waals surface area (Å²) in [6.45, 7) is 0.0213. The molecule has 1 N–H and O–H groups in total. The second-order valence-electron chi connectivity index (χ2n) is 3.56. The molecular weight excluding hydrogens is 282 g/mol. The first-order valence-electron chi connectivity index (χ1n) is 5.23. The average Bonchev–Trinajstić information content (AvgIpc) is 2.38. The van der Waals surface area contributed by atoms with Gasteiger partial charge in [0.1, 0.15) is 5.75 Å². The Bertz CT molecular complexity index is 554. The Labute approximate surface area is 108 Å². The molecular formula is C13H12BrNO2. The molecule has 0 aromatic heterocycles. The van der Waals surface area contributed by atoms with Gasteiger partial charge in [0.2, 0.25) is 0 Å². The van der Waals surface area contributed by atoms with Crippen molar-refractivity contribution in [3.05, 3.63) is 40.9 Å². The molecule has 0 spiro atoms. The van der Waals surface area contributed by atoms with Crippen molar-refractivity contribution >= 4 is 32.6 Å². The lowest BCUT2D eigenvalue weighted by Gasteiger charge is -2.09. The molecule has 0 atom stereocenters. The van der Waals surface area contributed by atoms with E-state index in [1.165, 1.54) is 0 Å². The molecule has 0 aliphatic carbocycles. The third-order valence-corrected chi connectivity index (χ3v) is 3.28. The number of hydrogen-bond acceptors (Lipinski definition) is 2. The maximum absolute atomic E-state index is 11.1. The predicted molar refractivity (Wildman–Crippen MR) is 71.2 cm³/mol. The summed E-state index contributed by atoms with van der Waals surface area (Å²) < 4.78 is 6.31. The number of amides is 1. The molecule has 2 rings (SSSR count). The van der Waals surface area contributed by atoms with Crippen molar-refractivity contribution in [2.24, 2.45) is 0 Å². The summed E-state index contributed by atoms with van der Waals surface area (Å²) in [5.41, 5.74) is 0. The van der Waals surface area contributed by atoms with E-state index in [0.717, 1.165) is 15.2 Å². The highest BCUT2D eigenvalue weighted by molar-refractivity contribution is 9.10. The zero-order chi connectivity index (χ0) is 12.3. The third-order valence-electron chi connectivity index (χ3n) is 2.47. The molecule has 0 heterocycles. The Morgan fingerprint density at radius 2 is 2.06 bits per heavy atom. The number of carbonyl (C=O) groups excluding carboxylic acids is 1. The zero-order valence-electron chi connectivity index (χ0n) is 9.37. The molecule has 0 saturated heterocycles. The Hall–Kier alpha value is -1.55. The Kier molecular flexibility index (Phi) is 3.64. The van der Waals surface area contributed by atoms with Crippen LogP contribution in [0.4, 0.5) is 0 Å². The molecule has 88 valence electrons.